The highest BCUT2D eigenvalue weighted by molar-refractivity contribution is 7.12. The molecular formula is C23H24N6O3S. The summed E-state index contributed by atoms with van der Waals surface area (Å²) in [5, 5.41) is 25.0. The van der Waals surface area contributed by atoms with Gasteiger partial charge in [0, 0.05) is 17.8 Å². The van der Waals surface area contributed by atoms with Crippen molar-refractivity contribution in [3.63, 3.8) is 0 Å². The summed E-state index contributed by atoms with van der Waals surface area (Å²) in [6.45, 7) is 7.97. The minimum atomic E-state index is -0.412. The molecule has 0 atom stereocenters. The highest BCUT2D eigenvalue weighted by atomic mass is 32.1. The Kier molecular flexibility index (Phi) is 6.10. The number of para-hydroxylation sites is 1. The average Bonchev–Trinajstić information content (AvgIpc) is 3.44. The summed E-state index contributed by atoms with van der Waals surface area (Å²) in [6.07, 6.45) is 0. The summed E-state index contributed by atoms with van der Waals surface area (Å²) < 4.78 is 3.48. The maximum Gasteiger partial charge on any atom is 0.312 e. The van der Waals surface area contributed by atoms with Crippen molar-refractivity contribution in [2.75, 3.05) is 0 Å². The van der Waals surface area contributed by atoms with Crippen LogP contribution in [0, 0.1) is 37.8 Å². The number of carbonyl (C=O) groups is 1. The predicted molar refractivity (Wildman–Crippen MR) is 126 cm³/mol. The van der Waals surface area contributed by atoms with Crippen LogP contribution in [-0.4, -0.2) is 30.4 Å². The Morgan fingerprint density at radius 2 is 1.82 bits per heavy atom. The molecule has 1 aromatic carbocycles. The van der Waals surface area contributed by atoms with Crippen molar-refractivity contribution in [1.82, 2.24) is 24.9 Å². The maximum atomic E-state index is 12.8. The Morgan fingerprint density at radius 3 is 2.48 bits per heavy atom. The summed E-state index contributed by atoms with van der Waals surface area (Å²) in [5.74, 6) is -0.170. The number of amides is 1. The first kappa shape index (κ1) is 22.4. The van der Waals surface area contributed by atoms with E-state index in [0.717, 1.165) is 28.2 Å². The van der Waals surface area contributed by atoms with Gasteiger partial charge in [-0.3, -0.25) is 19.6 Å². The van der Waals surface area contributed by atoms with E-state index in [1.807, 2.05) is 54.2 Å². The largest absolute Gasteiger partial charge is 0.347 e. The van der Waals surface area contributed by atoms with E-state index in [1.165, 1.54) is 11.3 Å². The van der Waals surface area contributed by atoms with Crippen molar-refractivity contribution in [1.29, 1.82) is 0 Å². The van der Waals surface area contributed by atoms with Gasteiger partial charge >= 0.3 is 5.69 Å². The van der Waals surface area contributed by atoms with Gasteiger partial charge < -0.3 is 5.32 Å². The molecule has 9 nitrogen and oxygen atoms in total. The lowest BCUT2D eigenvalue weighted by Crippen LogP contribution is -2.22. The Labute approximate surface area is 194 Å². The molecule has 0 bridgehead atoms. The molecular weight excluding hydrogens is 440 g/mol. The van der Waals surface area contributed by atoms with Crippen molar-refractivity contribution in [3.8, 4) is 5.69 Å². The molecule has 0 saturated carbocycles. The number of benzene rings is 1. The topological polar surface area (TPSA) is 108 Å². The number of aryl methyl sites for hydroxylation is 2. The fourth-order valence-corrected chi connectivity index (χ4v) is 4.68. The molecule has 0 spiro atoms. The van der Waals surface area contributed by atoms with Gasteiger partial charge in [0.25, 0.3) is 5.91 Å². The SMILES string of the molecule is Cc1nn(-c2ccccc2)c(C)c1CNC(=O)c1cc(Cn2nc(C)c([N+](=O)[O-])c2C)cs1. The van der Waals surface area contributed by atoms with Crippen LogP contribution in [0.1, 0.15) is 43.6 Å². The van der Waals surface area contributed by atoms with Gasteiger partial charge in [-0.15, -0.1) is 11.3 Å². The molecule has 0 fully saturated rings. The van der Waals surface area contributed by atoms with E-state index in [0.29, 0.717) is 29.4 Å². The van der Waals surface area contributed by atoms with Gasteiger partial charge in [0.05, 0.1) is 27.7 Å². The van der Waals surface area contributed by atoms with Gasteiger partial charge in [0.15, 0.2) is 0 Å². The molecule has 0 aliphatic heterocycles. The van der Waals surface area contributed by atoms with Crippen molar-refractivity contribution in [2.24, 2.45) is 0 Å². The lowest BCUT2D eigenvalue weighted by atomic mass is 10.2. The Hall–Kier alpha value is -3.79. The molecule has 3 heterocycles. The van der Waals surface area contributed by atoms with Crippen molar-refractivity contribution < 1.29 is 9.72 Å². The van der Waals surface area contributed by atoms with Gasteiger partial charge in [0.2, 0.25) is 0 Å². The normalized spacial score (nSPS) is 11.0. The molecule has 0 unspecified atom stereocenters. The first-order valence-corrected chi connectivity index (χ1v) is 11.3. The average molecular weight is 465 g/mol. The van der Waals surface area contributed by atoms with Crippen molar-refractivity contribution in [2.45, 2.75) is 40.8 Å². The summed E-state index contributed by atoms with van der Waals surface area (Å²) in [5.41, 5.74) is 5.59. The van der Waals surface area contributed by atoms with Gasteiger partial charge in [0.1, 0.15) is 11.4 Å². The third-order valence-corrected chi connectivity index (χ3v) is 6.58. The third-order valence-electron chi connectivity index (χ3n) is 5.60. The monoisotopic (exact) mass is 464 g/mol. The molecule has 0 aliphatic rings. The van der Waals surface area contributed by atoms with E-state index < -0.39 is 4.92 Å². The molecule has 0 radical (unpaired) electrons. The van der Waals surface area contributed by atoms with Gasteiger partial charge in [-0.2, -0.15) is 10.2 Å². The number of nitrogens with zero attached hydrogens (tertiary/aromatic N) is 5. The van der Waals surface area contributed by atoms with E-state index in [1.54, 1.807) is 24.6 Å². The molecule has 4 rings (SSSR count). The highest BCUT2D eigenvalue weighted by Gasteiger charge is 2.22. The van der Waals surface area contributed by atoms with Crippen LogP contribution < -0.4 is 5.32 Å². The predicted octanol–water partition coefficient (Wildman–Crippen LogP) is 4.25. The van der Waals surface area contributed by atoms with Crippen LogP contribution in [0.3, 0.4) is 0 Å². The Balaban J connectivity index is 1.45. The fraction of sp³-hybridized carbons (Fsp3) is 0.261. The van der Waals surface area contributed by atoms with E-state index >= 15 is 0 Å². The maximum absolute atomic E-state index is 12.8. The minimum Gasteiger partial charge on any atom is -0.347 e. The Bertz CT molecular complexity index is 1340. The molecule has 33 heavy (non-hydrogen) atoms. The zero-order valence-corrected chi connectivity index (χ0v) is 19.6. The summed E-state index contributed by atoms with van der Waals surface area (Å²) in [4.78, 5) is 24.1. The molecule has 4 aromatic rings. The molecule has 0 aliphatic carbocycles. The molecule has 10 heteroatoms. The van der Waals surface area contributed by atoms with E-state index in [4.69, 9.17) is 0 Å². The number of thiophene rings is 1. The van der Waals surface area contributed by atoms with Gasteiger partial charge in [-0.1, -0.05) is 18.2 Å². The van der Waals surface area contributed by atoms with Gasteiger partial charge in [-0.05, 0) is 56.8 Å². The lowest BCUT2D eigenvalue weighted by molar-refractivity contribution is -0.386. The molecule has 3 aromatic heterocycles. The molecule has 0 saturated heterocycles. The van der Waals surface area contributed by atoms with E-state index in [2.05, 4.69) is 15.5 Å². The van der Waals surface area contributed by atoms with Crippen LogP contribution >= 0.6 is 11.3 Å². The number of rotatable bonds is 7. The number of carbonyl (C=O) groups excluding carboxylic acids is 1. The van der Waals surface area contributed by atoms with Crippen LogP contribution in [0.4, 0.5) is 5.69 Å². The van der Waals surface area contributed by atoms with Crippen molar-refractivity contribution >= 4 is 22.9 Å². The number of hydrogen-bond donors (Lipinski definition) is 1. The van der Waals surface area contributed by atoms with Crippen LogP contribution in [-0.2, 0) is 13.1 Å². The van der Waals surface area contributed by atoms with Crippen molar-refractivity contribution in [3.05, 3.63) is 90.7 Å². The summed E-state index contributed by atoms with van der Waals surface area (Å²) in [6, 6.07) is 11.7. The molecule has 1 amide bonds. The summed E-state index contributed by atoms with van der Waals surface area (Å²) in [7, 11) is 0. The van der Waals surface area contributed by atoms with Crippen LogP contribution in [0.2, 0.25) is 0 Å². The van der Waals surface area contributed by atoms with Crippen LogP contribution in [0.5, 0.6) is 0 Å². The third kappa shape index (κ3) is 4.42. The highest BCUT2D eigenvalue weighted by Crippen LogP contribution is 2.24. The summed E-state index contributed by atoms with van der Waals surface area (Å²) >= 11 is 1.34. The second-order valence-corrected chi connectivity index (χ2v) is 8.74. The second kappa shape index (κ2) is 8.99. The standard InChI is InChI=1S/C23H24N6O3S/c1-14-20(16(3)28(26-14)19-8-6-5-7-9-19)11-24-23(30)21-10-18(13-33-21)12-27-17(4)22(29(31)32)15(2)25-27/h5-10,13H,11-12H2,1-4H3,(H,24,30). The number of nitro groups is 1. The molecule has 170 valence electrons. The number of aromatic nitrogens is 4. The van der Waals surface area contributed by atoms with E-state index in [9.17, 15) is 14.9 Å². The quantitative estimate of drug-likeness (QED) is 0.325. The minimum absolute atomic E-state index is 0.0324. The molecule has 1 N–H and O–H groups in total. The first-order chi connectivity index (χ1) is 15.8. The van der Waals surface area contributed by atoms with Crippen LogP contribution in [0.15, 0.2) is 41.8 Å². The van der Waals surface area contributed by atoms with Crippen LogP contribution in [0.25, 0.3) is 5.69 Å². The first-order valence-electron chi connectivity index (χ1n) is 10.4. The lowest BCUT2D eigenvalue weighted by Gasteiger charge is -2.06. The number of hydrogen-bond acceptors (Lipinski definition) is 6. The Morgan fingerprint density at radius 1 is 1.09 bits per heavy atom. The second-order valence-electron chi connectivity index (χ2n) is 7.83. The fourth-order valence-electron chi connectivity index (χ4n) is 3.86. The number of nitrogens with one attached hydrogen (secondary N) is 1. The van der Waals surface area contributed by atoms with Gasteiger partial charge in [-0.25, -0.2) is 4.68 Å². The zero-order chi connectivity index (χ0) is 23.7. The van der Waals surface area contributed by atoms with E-state index in [-0.39, 0.29) is 11.6 Å². The zero-order valence-electron chi connectivity index (χ0n) is 18.8. The smallest absolute Gasteiger partial charge is 0.312 e.